The van der Waals surface area contributed by atoms with E-state index in [4.69, 9.17) is 4.74 Å². The van der Waals surface area contributed by atoms with E-state index in [1.165, 1.54) is 0 Å². The van der Waals surface area contributed by atoms with E-state index in [1.54, 1.807) is 13.3 Å². The van der Waals surface area contributed by atoms with Crippen LogP contribution >= 0.6 is 0 Å². The molecule has 0 unspecified atom stereocenters. The molecule has 0 bridgehead atoms. The summed E-state index contributed by atoms with van der Waals surface area (Å²) in [7, 11) is 1.57. The molecule has 0 atom stereocenters. The molecule has 5 nitrogen and oxygen atoms in total. The van der Waals surface area contributed by atoms with Crippen LogP contribution in [0.1, 0.15) is 11.1 Å². The molecule has 1 amide bonds. The number of benzene rings is 1. The van der Waals surface area contributed by atoms with Gasteiger partial charge in [-0.1, -0.05) is 12.1 Å². The van der Waals surface area contributed by atoms with Gasteiger partial charge in [-0.2, -0.15) is 0 Å². The smallest absolute Gasteiger partial charge is 0.224 e. The Morgan fingerprint density at radius 3 is 2.58 bits per heavy atom. The van der Waals surface area contributed by atoms with Gasteiger partial charge in [0, 0.05) is 36.9 Å². The minimum atomic E-state index is -0.0144. The van der Waals surface area contributed by atoms with Crippen LogP contribution in [0.15, 0.2) is 67.1 Å². The number of nitrogens with zero attached hydrogens (tertiary/aromatic N) is 2. The lowest BCUT2D eigenvalue weighted by molar-refractivity contribution is -0.120. The fraction of sp³-hybridized carbons (Fsp3) is 0.158. The molecule has 0 aliphatic heterocycles. The Hall–Kier alpha value is -3.08. The van der Waals surface area contributed by atoms with Crippen LogP contribution in [-0.2, 0) is 17.8 Å². The van der Waals surface area contributed by atoms with Gasteiger partial charge in [0.25, 0.3) is 0 Å². The van der Waals surface area contributed by atoms with Crippen molar-refractivity contribution in [2.24, 2.45) is 0 Å². The van der Waals surface area contributed by atoms with Crippen molar-refractivity contribution in [3.05, 3.63) is 78.2 Å². The number of carbonyl (C=O) groups excluding carboxylic acids is 1. The molecule has 0 radical (unpaired) electrons. The zero-order valence-electron chi connectivity index (χ0n) is 13.5. The molecule has 0 saturated heterocycles. The van der Waals surface area contributed by atoms with E-state index in [0.29, 0.717) is 18.8 Å². The van der Waals surface area contributed by atoms with Gasteiger partial charge < -0.3 is 14.6 Å². The quantitative estimate of drug-likeness (QED) is 0.759. The molecular formula is C19H19N3O2. The molecule has 1 N–H and O–H groups in total. The first-order valence-corrected chi connectivity index (χ1v) is 7.72. The molecule has 2 heterocycles. The van der Waals surface area contributed by atoms with Gasteiger partial charge in [0.2, 0.25) is 11.8 Å². The van der Waals surface area contributed by atoms with Crippen LogP contribution in [0.4, 0.5) is 0 Å². The molecule has 0 aliphatic rings. The number of rotatable bonds is 6. The fourth-order valence-corrected chi connectivity index (χ4v) is 2.41. The van der Waals surface area contributed by atoms with Gasteiger partial charge in [-0.05, 0) is 41.5 Å². The van der Waals surface area contributed by atoms with Crippen molar-refractivity contribution >= 4 is 5.91 Å². The largest absolute Gasteiger partial charge is 0.481 e. The Balaban J connectivity index is 1.54. The predicted octanol–water partition coefficient (Wildman–Crippen LogP) is 2.74. The standard InChI is InChI=1S/C19H19N3O2/c1-24-19-13-16(8-9-20-19)14-21-18(23)12-15-4-6-17(7-5-15)22-10-2-3-11-22/h2-11,13H,12,14H2,1H3,(H,21,23). The number of hydrogen-bond donors (Lipinski definition) is 1. The number of aromatic nitrogens is 2. The summed E-state index contributed by atoms with van der Waals surface area (Å²) < 4.78 is 7.10. The van der Waals surface area contributed by atoms with Gasteiger partial charge in [-0.15, -0.1) is 0 Å². The third-order valence-corrected chi connectivity index (χ3v) is 3.70. The van der Waals surface area contributed by atoms with Crippen LogP contribution in [0.25, 0.3) is 5.69 Å². The SMILES string of the molecule is COc1cc(CNC(=O)Cc2ccc(-n3cccc3)cc2)ccn1. The molecule has 1 aromatic carbocycles. The summed E-state index contributed by atoms with van der Waals surface area (Å²) in [5.74, 6) is 0.529. The molecule has 0 saturated carbocycles. The molecule has 0 fully saturated rings. The average molecular weight is 321 g/mol. The zero-order chi connectivity index (χ0) is 16.8. The number of amides is 1. The molecule has 0 spiro atoms. The highest BCUT2D eigenvalue weighted by Gasteiger charge is 2.05. The summed E-state index contributed by atoms with van der Waals surface area (Å²) in [5.41, 5.74) is 3.02. The van der Waals surface area contributed by atoms with E-state index in [1.807, 2.05) is 65.5 Å². The molecule has 24 heavy (non-hydrogen) atoms. The molecule has 0 aliphatic carbocycles. The number of pyridine rings is 1. The van der Waals surface area contributed by atoms with E-state index >= 15 is 0 Å². The summed E-state index contributed by atoms with van der Waals surface area (Å²) in [4.78, 5) is 16.1. The van der Waals surface area contributed by atoms with Crippen LogP contribution in [0.5, 0.6) is 5.88 Å². The highest BCUT2D eigenvalue weighted by molar-refractivity contribution is 5.78. The van der Waals surface area contributed by atoms with Crippen molar-refractivity contribution < 1.29 is 9.53 Å². The average Bonchev–Trinajstić information content (AvgIpc) is 3.15. The molecule has 3 aromatic rings. The second-order valence-corrected chi connectivity index (χ2v) is 5.42. The normalized spacial score (nSPS) is 10.4. The molecule has 2 aromatic heterocycles. The second kappa shape index (κ2) is 7.46. The second-order valence-electron chi connectivity index (χ2n) is 5.42. The number of nitrogens with one attached hydrogen (secondary N) is 1. The van der Waals surface area contributed by atoms with Crippen molar-refractivity contribution in [1.82, 2.24) is 14.9 Å². The van der Waals surface area contributed by atoms with E-state index in [0.717, 1.165) is 16.8 Å². The number of hydrogen-bond acceptors (Lipinski definition) is 3. The van der Waals surface area contributed by atoms with Crippen molar-refractivity contribution in [2.75, 3.05) is 7.11 Å². The lowest BCUT2D eigenvalue weighted by Crippen LogP contribution is -2.24. The van der Waals surface area contributed by atoms with Crippen LogP contribution in [-0.4, -0.2) is 22.6 Å². The van der Waals surface area contributed by atoms with Crippen molar-refractivity contribution in [2.45, 2.75) is 13.0 Å². The third-order valence-electron chi connectivity index (χ3n) is 3.70. The Bertz CT molecular complexity index is 796. The van der Waals surface area contributed by atoms with E-state index < -0.39 is 0 Å². The summed E-state index contributed by atoms with van der Waals surface area (Å²) >= 11 is 0. The first kappa shape index (κ1) is 15.8. The maximum absolute atomic E-state index is 12.1. The van der Waals surface area contributed by atoms with Gasteiger partial charge in [0.05, 0.1) is 13.5 Å². The minimum Gasteiger partial charge on any atom is -0.481 e. The van der Waals surface area contributed by atoms with Crippen LogP contribution in [0.2, 0.25) is 0 Å². The lowest BCUT2D eigenvalue weighted by Gasteiger charge is -2.08. The monoisotopic (exact) mass is 321 g/mol. The Morgan fingerprint density at radius 1 is 1.12 bits per heavy atom. The maximum atomic E-state index is 12.1. The molecule has 3 rings (SSSR count). The Kier molecular flexibility index (Phi) is 4.91. The summed E-state index contributed by atoms with van der Waals surface area (Å²) in [5, 5.41) is 2.91. The summed E-state index contributed by atoms with van der Waals surface area (Å²) in [6.45, 7) is 0.458. The first-order chi connectivity index (χ1) is 11.7. The maximum Gasteiger partial charge on any atom is 0.224 e. The van der Waals surface area contributed by atoms with Crippen molar-refractivity contribution in [1.29, 1.82) is 0 Å². The molecule has 122 valence electrons. The summed E-state index contributed by atoms with van der Waals surface area (Å²) in [6.07, 6.45) is 6.00. The van der Waals surface area contributed by atoms with E-state index in [2.05, 4.69) is 10.3 Å². The van der Waals surface area contributed by atoms with E-state index in [-0.39, 0.29) is 5.91 Å². The lowest BCUT2D eigenvalue weighted by atomic mass is 10.1. The topological polar surface area (TPSA) is 56.1 Å². The van der Waals surface area contributed by atoms with Crippen LogP contribution in [0, 0.1) is 0 Å². The van der Waals surface area contributed by atoms with Gasteiger partial charge in [0.1, 0.15) is 0 Å². The van der Waals surface area contributed by atoms with Gasteiger partial charge in [0.15, 0.2) is 0 Å². The van der Waals surface area contributed by atoms with Gasteiger partial charge in [-0.25, -0.2) is 4.98 Å². The predicted molar refractivity (Wildman–Crippen MR) is 92.1 cm³/mol. The first-order valence-electron chi connectivity index (χ1n) is 7.72. The van der Waals surface area contributed by atoms with Gasteiger partial charge >= 0.3 is 0 Å². The van der Waals surface area contributed by atoms with Crippen molar-refractivity contribution in [3.8, 4) is 11.6 Å². The van der Waals surface area contributed by atoms with Crippen LogP contribution < -0.4 is 10.1 Å². The molecular weight excluding hydrogens is 302 g/mol. The van der Waals surface area contributed by atoms with Gasteiger partial charge in [-0.3, -0.25) is 4.79 Å². The zero-order valence-corrected chi connectivity index (χ0v) is 13.5. The Morgan fingerprint density at radius 2 is 1.88 bits per heavy atom. The van der Waals surface area contributed by atoms with Crippen LogP contribution in [0.3, 0.4) is 0 Å². The third kappa shape index (κ3) is 4.01. The van der Waals surface area contributed by atoms with Crippen molar-refractivity contribution in [3.63, 3.8) is 0 Å². The Labute approximate surface area is 140 Å². The molecule has 5 heteroatoms. The highest BCUT2D eigenvalue weighted by Crippen LogP contribution is 2.11. The number of ether oxygens (including phenoxy) is 1. The number of methoxy groups -OCH3 is 1. The van der Waals surface area contributed by atoms with E-state index in [9.17, 15) is 4.79 Å². The fourth-order valence-electron chi connectivity index (χ4n) is 2.41. The summed E-state index contributed by atoms with van der Waals surface area (Å²) in [6, 6.07) is 15.6. The minimum absolute atomic E-state index is 0.0144. The highest BCUT2D eigenvalue weighted by atomic mass is 16.5. The number of carbonyl (C=O) groups is 1.